The number of ether oxygens (including phenoxy) is 2. The van der Waals surface area contributed by atoms with Crippen LogP contribution in [0.1, 0.15) is 10.4 Å². The van der Waals surface area contributed by atoms with Gasteiger partial charge < -0.3 is 14.4 Å². The van der Waals surface area contributed by atoms with Crippen molar-refractivity contribution in [2.45, 2.75) is 0 Å². The van der Waals surface area contributed by atoms with Crippen LogP contribution in [0.2, 0.25) is 0 Å². The second-order valence-corrected chi connectivity index (χ2v) is 4.74. The highest BCUT2D eigenvalue weighted by Crippen LogP contribution is 2.12. The van der Waals surface area contributed by atoms with Crippen LogP contribution in [0.15, 0.2) is 28.7 Å². The molecule has 0 N–H and O–H groups in total. The second-order valence-electron chi connectivity index (χ2n) is 3.82. The van der Waals surface area contributed by atoms with Crippen molar-refractivity contribution in [1.82, 2.24) is 4.90 Å². The average Bonchev–Trinajstić information content (AvgIpc) is 2.46. The van der Waals surface area contributed by atoms with Crippen LogP contribution in [-0.2, 0) is 19.1 Å². The molecule has 0 aliphatic rings. The Morgan fingerprint density at radius 2 is 1.45 bits per heavy atom. The van der Waals surface area contributed by atoms with Crippen molar-refractivity contribution in [3.63, 3.8) is 0 Å². The van der Waals surface area contributed by atoms with Gasteiger partial charge in [0.25, 0.3) is 5.91 Å². The summed E-state index contributed by atoms with van der Waals surface area (Å²) >= 11 is 3.26. The highest BCUT2D eigenvalue weighted by atomic mass is 79.9. The van der Waals surface area contributed by atoms with E-state index in [0.717, 1.165) is 9.37 Å². The molecule has 0 aromatic heterocycles. The summed E-state index contributed by atoms with van der Waals surface area (Å²) in [5, 5.41) is 0. The fourth-order valence-electron chi connectivity index (χ4n) is 1.42. The molecule has 0 aliphatic heterocycles. The molecule has 0 heterocycles. The Morgan fingerprint density at radius 1 is 1.00 bits per heavy atom. The first-order valence-electron chi connectivity index (χ1n) is 5.66. The van der Waals surface area contributed by atoms with Gasteiger partial charge >= 0.3 is 11.9 Å². The monoisotopic (exact) mass is 343 g/mol. The zero-order chi connectivity index (χ0) is 15.1. The van der Waals surface area contributed by atoms with E-state index < -0.39 is 17.8 Å². The second kappa shape index (κ2) is 7.64. The molecule has 0 saturated carbocycles. The lowest BCUT2D eigenvalue weighted by Crippen LogP contribution is -2.40. The predicted octanol–water partition coefficient (Wildman–Crippen LogP) is 1.24. The largest absolute Gasteiger partial charge is 0.468 e. The standard InChI is InChI=1S/C13H14BrNO5/c1-19-11(16)7-15(8-12(17)20-2)13(18)9-3-5-10(14)6-4-9/h3-6H,7-8H2,1-2H3. The number of halogens is 1. The van der Waals surface area contributed by atoms with Crippen LogP contribution in [0.25, 0.3) is 0 Å². The molecule has 1 aromatic carbocycles. The van der Waals surface area contributed by atoms with E-state index in [-0.39, 0.29) is 13.1 Å². The molecular weight excluding hydrogens is 330 g/mol. The molecule has 0 saturated heterocycles. The van der Waals surface area contributed by atoms with Crippen molar-refractivity contribution in [2.75, 3.05) is 27.3 Å². The van der Waals surface area contributed by atoms with E-state index in [4.69, 9.17) is 0 Å². The summed E-state index contributed by atoms with van der Waals surface area (Å²) in [4.78, 5) is 35.9. The molecule has 6 nitrogen and oxygen atoms in total. The third kappa shape index (κ3) is 4.65. The number of hydrogen-bond donors (Lipinski definition) is 0. The highest BCUT2D eigenvalue weighted by molar-refractivity contribution is 9.10. The van der Waals surface area contributed by atoms with Crippen LogP contribution in [0, 0.1) is 0 Å². The zero-order valence-electron chi connectivity index (χ0n) is 11.1. The molecule has 0 unspecified atom stereocenters. The van der Waals surface area contributed by atoms with Crippen molar-refractivity contribution in [3.8, 4) is 0 Å². The zero-order valence-corrected chi connectivity index (χ0v) is 12.7. The molecule has 0 atom stereocenters. The number of carbonyl (C=O) groups excluding carboxylic acids is 3. The maximum absolute atomic E-state index is 12.3. The number of carbonyl (C=O) groups is 3. The van der Waals surface area contributed by atoms with E-state index in [9.17, 15) is 14.4 Å². The molecule has 0 radical (unpaired) electrons. The first kappa shape index (κ1) is 16.2. The minimum Gasteiger partial charge on any atom is -0.468 e. The van der Waals surface area contributed by atoms with Gasteiger partial charge in [-0.3, -0.25) is 14.4 Å². The SMILES string of the molecule is COC(=O)CN(CC(=O)OC)C(=O)c1ccc(Br)cc1. The minimum atomic E-state index is -0.612. The predicted molar refractivity (Wildman–Crippen MR) is 74.1 cm³/mol. The fourth-order valence-corrected chi connectivity index (χ4v) is 1.68. The third-order valence-corrected chi connectivity index (χ3v) is 3.00. The molecule has 1 rings (SSSR count). The Labute approximate surface area is 124 Å². The molecule has 108 valence electrons. The smallest absolute Gasteiger partial charge is 0.325 e. The number of nitrogens with zero attached hydrogens (tertiary/aromatic N) is 1. The summed E-state index contributed by atoms with van der Waals surface area (Å²) in [5.74, 6) is -1.67. The van der Waals surface area contributed by atoms with Crippen LogP contribution in [0.3, 0.4) is 0 Å². The Bertz CT molecular complexity index is 482. The van der Waals surface area contributed by atoms with E-state index in [1.54, 1.807) is 24.3 Å². The number of rotatable bonds is 5. The van der Waals surface area contributed by atoms with Gasteiger partial charge in [-0.1, -0.05) is 15.9 Å². The van der Waals surface area contributed by atoms with Crippen LogP contribution >= 0.6 is 15.9 Å². The van der Waals surface area contributed by atoms with Crippen molar-refractivity contribution in [2.24, 2.45) is 0 Å². The molecule has 1 amide bonds. The van der Waals surface area contributed by atoms with Crippen molar-refractivity contribution in [1.29, 1.82) is 0 Å². The third-order valence-electron chi connectivity index (χ3n) is 2.47. The summed E-state index contributed by atoms with van der Waals surface area (Å²) < 4.78 is 9.84. The molecule has 0 fully saturated rings. The van der Waals surface area contributed by atoms with E-state index >= 15 is 0 Å². The summed E-state index contributed by atoms with van der Waals surface area (Å²) in [7, 11) is 2.42. The molecule has 20 heavy (non-hydrogen) atoms. The summed E-state index contributed by atoms with van der Waals surface area (Å²) in [6.45, 7) is -0.638. The molecule has 1 aromatic rings. The number of hydrogen-bond acceptors (Lipinski definition) is 5. The fraction of sp³-hybridized carbons (Fsp3) is 0.308. The lowest BCUT2D eigenvalue weighted by atomic mass is 10.2. The van der Waals surface area contributed by atoms with Gasteiger partial charge in [-0.2, -0.15) is 0 Å². The van der Waals surface area contributed by atoms with Gasteiger partial charge in [0, 0.05) is 10.0 Å². The summed E-state index contributed by atoms with van der Waals surface area (Å²) in [6.07, 6.45) is 0. The first-order valence-corrected chi connectivity index (χ1v) is 6.45. The number of benzene rings is 1. The number of esters is 2. The topological polar surface area (TPSA) is 72.9 Å². The van der Waals surface area contributed by atoms with Crippen LogP contribution in [0.5, 0.6) is 0 Å². The van der Waals surface area contributed by atoms with Crippen molar-refractivity contribution >= 4 is 33.8 Å². The lowest BCUT2D eigenvalue weighted by molar-refractivity contribution is -0.144. The van der Waals surface area contributed by atoms with Gasteiger partial charge in [0.2, 0.25) is 0 Å². The maximum atomic E-state index is 12.3. The van der Waals surface area contributed by atoms with Gasteiger partial charge in [-0.15, -0.1) is 0 Å². The molecule has 0 bridgehead atoms. The number of amides is 1. The van der Waals surface area contributed by atoms with E-state index in [1.165, 1.54) is 14.2 Å². The molecule has 7 heteroatoms. The first-order chi connectivity index (χ1) is 9.47. The van der Waals surface area contributed by atoms with Gasteiger partial charge in [0.15, 0.2) is 0 Å². The molecule has 0 aliphatic carbocycles. The Kier molecular flexibility index (Phi) is 6.17. The van der Waals surface area contributed by atoms with Gasteiger partial charge in [0.05, 0.1) is 14.2 Å². The summed E-state index contributed by atoms with van der Waals surface area (Å²) in [6, 6.07) is 6.57. The van der Waals surface area contributed by atoms with E-state index in [1.807, 2.05) is 0 Å². The van der Waals surface area contributed by atoms with Gasteiger partial charge in [0.1, 0.15) is 13.1 Å². The van der Waals surface area contributed by atoms with Crippen LogP contribution < -0.4 is 0 Å². The highest BCUT2D eigenvalue weighted by Gasteiger charge is 2.22. The van der Waals surface area contributed by atoms with E-state index in [0.29, 0.717) is 5.56 Å². The minimum absolute atomic E-state index is 0.319. The Balaban J connectivity index is 2.90. The molecule has 0 spiro atoms. The Hall–Kier alpha value is -1.89. The Morgan fingerprint density at radius 3 is 1.85 bits per heavy atom. The average molecular weight is 344 g/mol. The quantitative estimate of drug-likeness (QED) is 0.752. The van der Waals surface area contributed by atoms with E-state index in [2.05, 4.69) is 25.4 Å². The van der Waals surface area contributed by atoms with Crippen LogP contribution in [-0.4, -0.2) is 50.1 Å². The maximum Gasteiger partial charge on any atom is 0.325 e. The summed E-state index contributed by atoms with van der Waals surface area (Å²) in [5.41, 5.74) is 0.362. The lowest BCUT2D eigenvalue weighted by Gasteiger charge is -2.20. The normalized spacial score (nSPS) is 9.75. The number of methoxy groups -OCH3 is 2. The van der Waals surface area contributed by atoms with Crippen LogP contribution in [0.4, 0.5) is 0 Å². The molecular formula is C13H14BrNO5. The van der Waals surface area contributed by atoms with Gasteiger partial charge in [-0.05, 0) is 24.3 Å². The van der Waals surface area contributed by atoms with Gasteiger partial charge in [-0.25, -0.2) is 0 Å². The van der Waals surface area contributed by atoms with Crippen molar-refractivity contribution < 1.29 is 23.9 Å². The van der Waals surface area contributed by atoms with Crippen molar-refractivity contribution in [3.05, 3.63) is 34.3 Å².